The molecule has 15 heavy (non-hydrogen) atoms. The van der Waals surface area contributed by atoms with Gasteiger partial charge < -0.3 is 19.7 Å². The lowest BCUT2D eigenvalue weighted by Gasteiger charge is -2.25. The van der Waals surface area contributed by atoms with E-state index in [1.54, 1.807) is 4.57 Å². The van der Waals surface area contributed by atoms with Gasteiger partial charge in [0.1, 0.15) is 0 Å². The van der Waals surface area contributed by atoms with Crippen LogP contribution in [-0.2, 0) is 13.1 Å². The molecule has 2 rings (SSSR count). The maximum Gasteiger partial charge on any atom is 0.407 e. The number of carboxylic acids is 1. The molecular formula is C8H9N3O4. The van der Waals surface area contributed by atoms with Crippen LogP contribution in [0, 0.1) is 0 Å². The van der Waals surface area contributed by atoms with Crippen LogP contribution in [0.4, 0.5) is 4.79 Å². The molecule has 2 heterocycles. The Morgan fingerprint density at radius 3 is 2.67 bits per heavy atom. The van der Waals surface area contributed by atoms with E-state index in [2.05, 4.69) is 4.98 Å². The van der Waals surface area contributed by atoms with Crippen LogP contribution in [0.1, 0.15) is 16.2 Å². The fraction of sp³-hybridized carbons (Fsp3) is 0.375. The van der Waals surface area contributed by atoms with Gasteiger partial charge >= 0.3 is 12.1 Å². The number of imidazole rings is 1. The van der Waals surface area contributed by atoms with E-state index in [4.69, 9.17) is 10.2 Å². The molecule has 0 spiro atoms. The highest BCUT2D eigenvalue weighted by molar-refractivity contribution is 5.86. The lowest BCUT2D eigenvalue weighted by Crippen LogP contribution is -2.37. The zero-order valence-electron chi connectivity index (χ0n) is 7.75. The molecule has 1 amide bonds. The lowest BCUT2D eigenvalue weighted by atomic mass is 10.2. The summed E-state index contributed by atoms with van der Waals surface area (Å²) in [4.78, 5) is 26.4. The topological polar surface area (TPSA) is 95.7 Å². The molecule has 0 saturated heterocycles. The van der Waals surface area contributed by atoms with Gasteiger partial charge in [-0.25, -0.2) is 14.6 Å². The summed E-state index contributed by atoms with van der Waals surface area (Å²) >= 11 is 0. The molecule has 1 aliphatic heterocycles. The van der Waals surface area contributed by atoms with Crippen molar-refractivity contribution >= 4 is 12.1 Å². The van der Waals surface area contributed by atoms with E-state index >= 15 is 0 Å². The van der Waals surface area contributed by atoms with E-state index in [-0.39, 0.29) is 12.2 Å². The second-order valence-corrected chi connectivity index (χ2v) is 3.24. The van der Waals surface area contributed by atoms with Crippen LogP contribution in [-0.4, -0.2) is 43.3 Å². The molecule has 0 aliphatic carbocycles. The predicted molar refractivity (Wildman–Crippen MR) is 47.6 cm³/mol. The Hall–Kier alpha value is -2.05. The predicted octanol–water partition coefficient (Wildman–Crippen LogP) is 0.0749. The fourth-order valence-electron chi connectivity index (χ4n) is 1.60. The Kier molecular flexibility index (Phi) is 2.07. The van der Waals surface area contributed by atoms with E-state index in [1.165, 1.54) is 11.2 Å². The van der Waals surface area contributed by atoms with Crippen molar-refractivity contribution in [1.82, 2.24) is 14.5 Å². The number of rotatable bonds is 1. The van der Waals surface area contributed by atoms with E-state index < -0.39 is 12.1 Å². The molecule has 0 unspecified atom stereocenters. The number of carboxylic acid groups (broad SMARTS) is 2. The SMILES string of the molecule is O=C(O)c1ncn2c1CN(C(=O)O)CC2. The molecule has 1 aromatic heterocycles. The van der Waals surface area contributed by atoms with Crippen molar-refractivity contribution < 1.29 is 19.8 Å². The zero-order chi connectivity index (χ0) is 11.0. The molecule has 0 aromatic carbocycles. The molecule has 7 nitrogen and oxygen atoms in total. The monoisotopic (exact) mass is 211 g/mol. The summed E-state index contributed by atoms with van der Waals surface area (Å²) < 4.78 is 1.67. The molecule has 0 saturated carbocycles. The number of aromatic carboxylic acids is 1. The van der Waals surface area contributed by atoms with Crippen LogP contribution in [0.5, 0.6) is 0 Å². The summed E-state index contributed by atoms with van der Waals surface area (Å²) in [6, 6.07) is 0. The second kappa shape index (κ2) is 3.26. The van der Waals surface area contributed by atoms with Gasteiger partial charge in [0.15, 0.2) is 5.69 Å². The first-order valence-corrected chi connectivity index (χ1v) is 4.34. The van der Waals surface area contributed by atoms with E-state index in [0.717, 1.165) is 0 Å². The third-order valence-electron chi connectivity index (χ3n) is 2.37. The van der Waals surface area contributed by atoms with Crippen LogP contribution in [0.25, 0.3) is 0 Å². The molecule has 1 aromatic rings. The van der Waals surface area contributed by atoms with Gasteiger partial charge in [-0.2, -0.15) is 0 Å². The molecule has 0 atom stereocenters. The van der Waals surface area contributed by atoms with Crippen molar-refractivity contribution in [2.45, 2.75) is 13.1 Å². The maximum absolute atomic E-state index is 10.8. The van der Waals surface area contributed by atoms with Gasteiger partial charge in [-0.05, 0) is 0 Å². The summed E-state index contributed by atoms with van der Waals surface area (Å²) in [5, 5.41) is 17.6. The third kappa shape index (κ3) is 1.51. The quantitative estimate of drug-likeness (QED) is 0.685. The second-order valence-electron chi connectivity index (χ2n) is 3.24. The van der Waals surface area contributed by atoms with Crippen molar-refractivity contribution in [1.29, 1.82) is 0 Å². The third-order valence-corrected chi connectivity index (χ3v) is 2.37. The molecular weight excluding hydrogens is 202 g/mol. The van der Waals surface area contributed by atoms with Crippen molar-refractivity contribution in [2.75, 3.05) is 6.54 Å². The normalized spacial score (nSPS) is 14.8. The number of carbonyl (C=O) groups is 2. The number of amides is 1. The van der Waals surface area contributed by atoms with Gasteiger partial charge in [-0.15, -0.1) is 0 Å². The average Bonchev–Trinajstić information content (AvgIpc) is 2.59. The molecule has 80 valence electrons. The van der Waals surface area contributed by atoms with Crippen molar-refractivity contribution in [3.8, 4) is 0 Å². The highest BCUT2D eigenvalue weighted by Crippen LogP contribution is 2.16. The van der Waals surface area contributed by atoms with Gasteiger partial charge in [0.25, 0.3) is 0 Å². The molecule has 0 bridgehead atoms. The van der Waals surface area contributed by atoms with Crippen molar-refractivity contribution in [3.05, 3.63) is 17.7 Å². The molecule has 0 fully saturated rings. The fourth-order valence-corrected chi connectivity index (χ4v) is 1.60. The highest BCUT2D eigenvalue weighted by Gasteiger charge is 2.25. The van der Waals surface area contributed by atoms with E-state index in [9.17, 15) is 9.59 Å². The van der Waals surface area contributed by atoms with Crippen LogP contribution >= 0.6 is 0 Å². The van der Waals surface area contributed by atoms with Gasteiger partial charge in [0.05, 0.1) is 18.6 Å². The van der Waals surface area contributed by atoms with Crippen LogP contribution in [0.3, 0.4) is 0 Å². The minimum absolute atomic E-state index is 0.0686. The number of hydrogen-bond acceptors (Lipinski definition) is 3. The first kappa shape index (κ1) is 9.50. The Morgan fingerprint density at radius 1 is 1.33 bits per heavy atom. The van der Waals surface area contributed by atoms with Crippen LogP contribution < -0.4 is 0 Å². The smallest absolute Gasteiger partial charge is 0.407 e. The van der Waals surface area contributed by atoms with Crippen molar-refractivity contribution in [2.24, 2.45) is 0 Å². The standard InChI is InChI=1S/C8H9N3O4/c12-7(13)6-5-3-10(8(14)15)1-2-11(5)4-9-6/h4H,1-3H2,(H,12,13)(H,14,15). The first-order valence-electron chi connectivity index (χ1n) is 4.34. The number of aromatic nitrogens is 2. The summed E-state index contributed by atoms with van der Waals surface area (Å²) in [5.74, 6) is -1.13. The lowest BCUT2D eigenvalue weighted by molar-refractivity contribution is 0.0685. The number of fused-ring (bicyclic) bond motifs is 1. The maximum atomic E-state index is 10.8. The van der Waals surface area contributed by atoms with Crippen molar-refractivity contribution in [3.63, 3.8) is 0 Å². The Bertz CT molecular complexity index is 426. The summed E-state index contributed by atoms with van der Waals surface area (Å²) in [5.41, 5.74) is 0.372. The van der Waals surface area contributed by atoms with Gasteiger partial charge in [0, 0.05) is 13.1 Å². The van der Waals surface area contributed by atoms with Gasteiger partial charge in [-0.3, -0.25) is 0 Å². The molecule has 2 N–H and O–H groups in total. The van der Waals surface area contributed by atoms with Gasteiger partial charge in [0.2, 0.25) is 0 Å². The largest absolute Gasteiger partial charge is 0.476 e. The van der Waals surface area contributed by atoms with Crippen LogP contribution in [0.2, 0.25) is 0 Å². The van der Waals surface area contributed by atoms with Crippen LogP contribution in [0.15, 0.2) is 6.33 Å². The summed E-state index contributed by atoms with van der Waals surface area (Å²) in [6.45, 7) is 0.886. The Balaban J connectivity index is 2.34. The minimum Gasteiger partial charge on any atom is -0.476 e. The Labute approximate surface area is 84.6 Å². The summed E-state index contributed by atoms with van der Waals surface area (Å²) in [6.07, 6.45) is 0.386. The Morgan fingerprint density at radius 2 is 2.07 bits per heavy atom. The molecule has 0 radical (unpaired) electrons. The average molecular weight is 211 g/mol. The number of hydrogen-bond donors (Lipinski definition) is 2. The van der Waals surface area contributed by atoms with E-state index in [1.807, 2.05) is 0 Å². The van der Waals surface area contributed by atoms with E-state index in [0.29, 0.717) is 18.8 Å². The zero-order valence-corrected chi connectivity index (χ0v) is 7.75. The molecule has 1 aliphatic rings. The molecule has 7 heteroatoms. The highest BCUT2D eigenvalue weighted by atomic mass is 16.4. The minimum atomic E-state index is -1.13. The van der Waals surface area contributed by atoms with Gasteiger partial charge in [-0.1, -0.05) is 0 Å². The number of nitrogens with zero attached hydrogens (tertiary/aromatic N) is 3. The first-order chi connectivity index (χ1) is 7.09. The summed E-state index contributed by atoms with van der Waals surface area (Å²) in [7, 11) is 0.